The van der Waals surface area contributed by atoms with Crippen molar-refractivity contribution in [3.05, 3.63) is 5.28 Å². The minimum atomic E-state index is -0.0739. The molecular formula is C11H19ClN6OS. The molecule has 0 bridgehead atoms. The monoisotopic (exact) mass is 318 g/mol. The SMILES string of the molecule is CNC(=O)SC(C)CNc1nc(Cl)nc(NC(C)C)n1. The largest absolute Gasteiger partial charge is 0.353 e. The number of anilines is 2. The fourth-order valence-corrected chi connectivity index (χ4v) is 2.08. The van der Waals surface area contributed by atoms with E-state index in [1.807, 2.05) is 20.8 Å². The first-order chi connectivity index (χ1) is 9.40. The molecule has 0 spiro atoms. The van der Waals surface area contributed by atoms with Crippen LogP contribution >= 0.6 is 23.4 Å². The van der Waals surface area contributed by atoms with Gasteiger partial charge < -0.3 is 16.0 Å². The molecule has 3 N–H and O–H groups in total. The number of rotatable bonds is 6. The van der Waals surface area contributed by atoms with Gasteiger partial charge in [0.25, 0.3) is 5.24 Å². The smallest absolute Gasteiger partial charge is 0.279 e. The standard InChI is InChI=1S/C11H19ClN6OS/c1-6(2)15-10-17-8(12)16-9(18-10)14-5-7(3)20-11(19)13-4/h6-7H,5H2,1-4H3,(H,13,19)(H2,14,15,16,17,18). The van der Waals surface area contributed by atoms with Gasteiger partial charge in [-0.3, -0.25) is 4.79 Å². The fourth-order valence-electron chi connectivity index (χ4n) is 1.27. The van der Waals surface area contributed by atoms with Crippen LogP contribution in [-0.4, -0.2) is 45.1 Å². The summed E-state index contributed by atoms with van der Waals surface area (Å²) in [5.41, 5.74) is 0. The maximum atomic E-state index is 11.2. The van der Waals surface area contributed by atoms with E-state index < -0.39 is 0 Å². The first-order valence-electron chi connectivity index (χ1n) is 6.21. The topological polar surface area (TPSA) is 91.8 Å². The van der Waals surface area contributed by atoms with Crippen molar-refractivity contribution in [2.24, 2.45) is 0 Å². The predicted octanol–water partition coefficient (Wildman–Crippen LogP) is 2.22. The lowest BCUT2D eigenvalue weighted by Crippen LogP contribution is -2.21. The van der Waals surface area contributed by atoms with Crippen LogP contribution in [0.4, 0.5) is 16.7 Å². The van der Waals surface area contributed by atoms with Crippen LogP contribution in [0.25, 0.3) is 0 Å². The minimum Gasteiger partial charge on any atom is -0.353 e. The molecule has 0 fully saturated rings. The van der Waals surface area contributed by atoms with E-state index >= 15 is 0 Å². The second-order valence-electron chi connectivity index (χ2n) is 4.40. The molecule has 1 heterocycles. The van der Waals surface area contributed by atoms with Gasteiger partial charge in [-0.25, -0.2) is 0 Å². The molecule has 0 saturated heterocycles. The molecule has 1 rings (SSSR count). The maximum absolute atomic E-state index is 11.2. The maximum Gasteiger partial charge on any atom is 0.279 e. The molecule has 1 aromatic rings. The molecule has 9 heteroatoms. The van der Waals surface area contributed by atoms with Crippen molar-refractivity contribution < 1.29 is 4.79 Å². The summed E-state index contributed by atoms with van der Waals surface area (Å²) in [6.07, 6.45) is 0. The normalized spacial score (nSPS) is 12.1. The average molecular weight is 319 g/mol. The summed E-state index contributed by atoms with van der Waals surface area (Å²) >= 11 is 7.05. The predicted molar refractivity (Wildman–Crippen MR) is 83.6 cm³/mol. The molecule has 0 aromatic carbocycles. The van der Waals surface area contributed by atoms with Gasteiger partial charge in [-0.2, -0.15) is 15.0 Å². The Hall–Kier alpha value is -1.28. The number of carbonyl (C=O) groups excluding carboxylic acids is 1. The zero-order valence-electron chi connectivity index (χ0n) is 11.9. The molecule has 1 atom stereocenters. The molecule has 0 saturated carbocycles. The number of thioether (sulfide) groups is 1. The Morgan fingerprint density at radius 2 is 1.90 bits per heavy atom. The van der Waals surface area contributed by atoms with Gasteiger partial charge in [0.2, 0.25) is 17.2 Å². The first kappa shape index (κ1) is 16.8. The van der Waals surface area contributed by atoms with Crippen LogP contribution < -0.4 is 16.0 Å². The van der Waals surface area contributed by atoms with Crippen molar-refractivity contribution in [3.63, 3.8) is 0 Å². The number of carbonyl (C=O) groups is 1. The molecule has 7 nitrogen and oxygen atoms in total. The van der Waals surface area contributed by atoms with Gasteiger partial charge in [0.15, 0.2) is 0 Å². The van der Waals surface area contributed by atoms with Crippen molar-refractivity contribution in [3.8, 4) is 0 Å². The first-order valence-corrected chi connectivity index (χ1v) is 7.46. The van der Waals surface area contributed by atoms with Gasteiger partial charge in [-0.1, -0.05) is 18.7 Å². The number of nitrogens with one attached hydrogen (secondary N) is 3. The van der Waals surface area contributed by atoms with Crippen LogP contribution in [-0.2, 0) is 0 Å². The van der Waals surface area contributed by atoms with Gasteiger partial charge in [-0.15, -0.1) is 0 Å². The summed E-state index contributed by atoms with van der Waals surface area (Å²) in [4.78, 5) is 23.4. The minimum absolute atomic E-state index is 0.0739. The van der Waals surface area contributed by atoms with E-state index in [9.17, 15) is 4.79 Å². The lowest BCUT2D eigenvalue weighted by atomic mass is 10.4. The second kappa shape index (κ2) is 8.11. The lowest BCUT2D eigenvalue weighted by Gasteiger charge is -2.13. The Morgan fingerprint density at radius 1 is 1.25 bits per heavy atom. The molecule has 0 aliphatic carbocycles. The molecular weight excluding hydrogens is 300 g/mol. The highest BCUT2D eigenvalue weighted by Gasteiger charge is 2.10. The zero-order chi connectivity index (χ0) is 15.1. The molecule has 1 unspecified atom stereocenters. The van der Waals surface area contributed by atoms with Crippen LogP contribution in [0.1, 0.15) is 20.8 Å². The summed E-state index contributed by atoms with van der Waals surface area (Å²) in [6.45, 7) is 6.43. The van der Waals surface area contributed by atoms with Gasteiger partial charge in [0.05, 0.1) is 0 Å². The van der Waals surface area contributed by atoms with E-state index in [1.165, 1.54) is 11.8 Å². The Morgan fingerprint density at radius 3 is 2.50 bits per heavy atom. The summed E-state index contributed by atoms with van der Waals surface area (Å²) in [7, 11) is 1.60. The highest BCUT2D eigenvalue weighted by atomic mass is 35.5. The van der Waals surface area contributed by atoms with Crippen molar-refractivity contribution >= 4 is 40.5 Å². The summed E-state index contributed by atoms with van der Waals surface area (Å²) in [5, 5.41) is 8.78. The van der Waals surface area contributed by atoms with Crippen molar-refractivity contribution in [1.82, 2.24) is 20.3 Å². The van der Waals surface area contributed by atoms with Crippen molar-refractivity contribution in [2.45, 2.75) is 32.1 Å². The zero-order valence-corrected chi connectivity index (χ0v) is 13.5. The number of hydrogen-bond acceptors (Lipinski definition) is 7. The van der Waals surface area contributed by atoms with E-state index in [0.29, 0.717) is 18.4 Å². The average Bonchev–Trinajstić information content (AvgIpc) is 2.34. The lowest BCUT2D eigenvalue weighted by molar-refractivity contribution is 0.262. The Balaban J connectivity index is 2.59. The number of halogens is 1. The third-order valence-corrected chi connectivity index (χ3v) is 3.24. The van der Waals surface area contributed by atoms with Crippen LogP contribution in [0, 0.1) is 0 Å². The van der Waals surface area contributed by atoms with Gasteiger partial charge in [-0.05, 0) is 25.4 Å². The number of aromatic nitrogens is 3. The number of nitrogens with zero attached hydrogens (tertiary/aromatic N) is 3. The second-order valence-corrected chi connectivity index (χ2v) is 6.15. The molecule has 1 amide bonds. The molecule has 0 aliphatic rings. The molecule has 0 radical (unpaired) electrons. The van der Waals surface area contributed by atoms with Crippen LogP contribution in [0.15, 0.2) is 0 Å². The third kappa shape index (κ3) is 6.25. The van der Waals surface area contributed by atoms with Gasteiger partial charge in [0.1, 0.15) is 0 Å². The quantitative estimate of drug-likeness (QED) is 0.740. The Bertz CT molecular complexity index is 459. The van der Waals surface area contributed by atoms with E-state index in [-0.39, 0.29) is 21.8 Å². The fraction of sp³-hybridized carbons (Fsp3) is 0.636. The Labute approximate surface area is 127 Å². The molecule has 112 valence electrons. The Kier molecular flexibility index (Phi) is 6.80. The summed E-state index contributed by atoms with van der Waals surface area (Å²) in [5.74, 6) is 0.812. The highest BCUT2D eigenvalue weighted by molar-refractivity contribution is 8.14. The van der Waals surface area contributed by atoms with E-state index in [4.69, 9.17) is 11.6 Å². The summed E-state index contributed by atoms with van der Waals surface area (Å²) in [6, 6.07) is 0.198. The highest BCUT2D eigenvalue weighted by Crippen LogP contribution is 2.14. The van der Waals surface area contributed by atoms with E-state index in [1.54, 1.807) is 7.05 Å². The van der Waals surface area contributed by atoms with E-state index in [2.05, 4.69) is 30.9 Å². The number of hydrogen-bond donors (Lipinski definition) is 3. The third-order valence-electron chi connectivity index (χ3n) is 2.09. The van der Waals surface area contributed by atoms with Crippen LogP contribution in [0.3, 0.4) is 0 Å². The molecule has 1 aromatic heterocycles. The van der Waals surface area contributed by atoms with Crippen LogP contribution in [0.2, 0.25) is 5.28 Å². The van der Waals surface area contributed by atoms with Gasteiger partial charge in [0, 0.05) is 24.9 Å². The summed E-state index contributed by atoms with van der Waals surface area (Å²) < 4.78 is 0. The molecule has 20 heavy (non-hydrogen) atoms. The van der Waals surface area contributed by atoms with Crippen molar-refractivity contribution in [1.29, 1.82) is 0 Å². The molecule has 0 aliphatic heterocycles. The van der Waals surface area contributed by atoms with Gasteiger partial charge >= 0.3 is 0 Å². The van der Waals surface area contributed by atoms with E-state index in [0.717, 1.165) is 0 Å². The number of amides is 1. The van der Waals surface area contributed by atoms with Crippen molar-refractivity contribution in [2.75, 3.05) is 24.2 Å². The van der Waals surface area contributed by atoms with Crippen LogP contribution in [0.5, 0.6) is 0 Å².